The number of anilines is 2. The summed E-state index contributed by atoms with van der Waals surface area (Å²) < 4.78 is 49.2. The number of morpholine rings is 1. The third-order valence-electron chi connectivity index (χ3n) is 10.4. The van der Waals surface area contributed by atoms with Crippen molar-refractivity contribution in [1.29, 1.82) is 5.26 Å². The van der Waals surface area contributed by atoms with E-state index < -0.39 is 0 Å². The fraction of sp³-hybridized carbons (Fsp3) is 0.643. The van der Waals surface area contributed by atoms with Crippen LogP contribution in [0.15, 0.2) is 43.1 Å². The second-order valence-electron chi connectivity index (χ2n) is 15.3. The number of hydrogen-bond acceptors (Lipinski definition) is 17. The highest BCUT2D eigenvalue weighted by Crippen LogP contribution is 2.35. The minimum Gasteiger partial charge on any atom is -0.487 e. The van der Waals surface area contributed by atoms with Crippen LogP contribution in [0.1, 0.15) is 64.5 Å². The molecular formula is C42H61N11O8. The van der Waals surface area contributed by atoms with Crippen molar-refractivity contribution < 1.29 is 37.9 Å². The van der Waals surface area contributed by atoms with E-state index in [-0.39, 0.29) is 24.4 Å². The Hall–Kier alpha value is -4.81. The quantitative estimate of drug-likeness (QED) is 0.0867. The Morgan fingerprint density at radius 1 is 0.852 bits per heavy atom. The van der Waals surface area contributed by atoms with E-state index in [1.165, 1.54) is 6.33 Å². The number of tetrazole rings is 1. The van der Waals surface area contributed by atoms with Crippen molar-refractivity contribution in [2.45, 2.75) is 89.8 Å². The normalized spacial score (nSPS) is 20.0. The molecule has 1 aliphatic heterocycles. The molecule has 1 saturated heterocycles. The lowest BCUT2D eigenvalue weighted by Gasteiger charge is -2.42. The number of methoxy groups -OCH3 is 1. The van der Waals surface area contributed by atoms with Gasteiger partial charge in [-0.2, -0.15) is 5.26 Å². The number of benzene rings is 1. The molecule has 332 valence electrons. The number of hydrogen-bond donors (Lipinski definition) is 1. The van der Waals surface area contributed by atoms with Crippen molar-refractivity contribution in [3.05, 3.63) is 48.7 Å². The van der Waals surface area contributed by atoms with Crippen molar-refractivity contribution >= 4 is 11.6 Å². The molecule has 1 N–H and O–H groups in total. The first-order valence-electron chi connectivity index (χ1n) is 21.3. The van der Waals surface area contributed by atoms with Gasteiger partial charge in [0.15, 0.2) is 0 Å². The summed E-state index contributed by atoms with van der Waals surface area (Å²) in [6.07, 6.45) is 12.1. The molecule has 6 rings (SSSR count). The molecule has 19 heteroatoms. The summed E-state index contributed by atoms with van der Waals surface area (Å²) in [6.45, 7) is 13.7. The SMILES string of the molecule is COCCOCCOCCOCCOCCCOc1nn([C@H]2CC[C@H](N3C[C@@H](C)O[C@@H](C)C3)CC2)cc1Nc1ncc(-c2ccc(C#N)c(O[C@@H](C)Cn3cnnn3)c2)cn1. The predicted molar refractivity (Wildman–Crippen MR) is 224 cm³/mol. The van der Waals surface area contributed by atoms with Crippen LogP contribution in [0.25, 0.3) is 11.1 Å². The second kappa shape index (κ2) is 24.6. The molecule has 1 aromatic carbocycles. The average Bonchev–Trinajstić information content (AvgIpc) is 3.93. The summed E-state index contributed by atoms with van der Waals surface area (Å²) in [6, 6.07) is 8.41. The Morgan fingerprint density at radius 2 is 1.51 bits per heavy atom. The van der Waals surface area contributed by atoms with Crippen molar-refractivity contribution in [3.63, 3.8) is 0 Å². The first kappa shape index (κ1) is 45.7. The highest BCUT2D eigenvalue weighted by atomic mass is 16.6. The van der Waals surface area contributed by atoms with Crippen LogP contribution in [0.4, 0.5) is 11.6 Å². The first-order valence-corrected chi connectivity index (χ1v) is 21.3. The maximum atomic E-state index is 9.74. The Morgan fingerprint density at radius 3 is 2.15 bits per heavy atom. The molecule has 0 spiro atoms. The summed E-state index contributed by atoms with van der Waals surface area (Å²) >= 11 is 0. The summed E-state index contributed by atoms with van der Waals surface area (Å²) in [4.78, 5) is 11.9. The minimum atomic E-state index is -0.287. The number of rotatable bonds is 26. The lowest BCUT2D eigenvalue weighted by Crippen LogP contribution is -2.51. The maximum Gasteiger partial charge on any atom is 0.256 e. The van der Waals surface area contributed by atoms with Gasteiger partial charge in [0, 0.05) is 57.2 Å². The molecule has 3 atom stereocenters. The third kappa shape index (κ3) is 14.7. The molecule has 0 unspecified atom stereocenters. The molecule has 1 saturated carbocycles. The van der Waals surface area contributed by atoms with Gasteiger partial charge in [-0.25, -0.2) is 14.6 Å². The van der Waals surface area contributed by atoms with Gasteiger partial charge in [-0.3, -0.25) is 9.58 Å². The minimum absolute atomic E-state index is 0.250. The monoisotopic (exact) mass is 847 g/mol. The Kier molecular flexibility index (Phi) is 18.4. The molecule has 4 heterocycles. The molecular weight excluding hydrogens is 787 g/mol. The van der Waals surface area contributed by atoms with E-state index in [1.54, 1.807) is 30.3 Å². The smallest absolute Gasteiger partial charge is 0.256 e. The van der Waals surface area contributed by atoms with Gasteiger partial charge >= 0.3 is 0 Å². The van der Waals surface area contributed by atoms with Gasteiger partial charge in [0.05, 0.1) is 96.0 Å². The Balaban J connectivity index is 1.02. The largest absolute Gasteiger partial charge is 0.487 e. The molecule has 1 aliphatic carbocycles. The zero-order valence-electron chi connectivity index (χ0n) is 35.9. The number of nitriles is 1. The van der Waals surface area contributed by atoms with E-state index >= 15 is 0 Å². The van der Waals surface area contributed by atoms with Crippen LogP contribution in [0, 0.1) is 11.3 Å². The Labute approximate surface area is 357 Å². The standard InChI is InChI=1S/C42H61N11O8/c1-31-26-51(27-32(2)60-31)37-8-10-38(11-9-37)53-29-39(41(48-53)59-13-5-12-55-16-17-57-20-21-58-19-18-56-15-14-54-4)47-42-44-24-36(25-45-42)34-6-7-35(23-43)40(22-34)61-33(3)28-52-30-46-49-50-52/h6-7,22,24-25,29-33,37-38H,5,8-21,26-28H2,1-4H3,(H,44,45,47)/t31-,32+,33-,37-,38-/m0/s1. The fourth-order valence-electron chi connectivity index (χ4n) is 7.53. The number of nitrogens with one attached hydrogen (secondary N) is 1. The maximum absolute atomic E-state index is 9.74. The molecule has 61 heavy (non-hydrogen) atoms. The molecule has 2 fully saturated rings. The van der Waals surface area contributed by atoms with Crippen LogP contribution in [0.5, 0.6) is 11.6 Å². The molecule has 2 aliphatic rings. The lowest BCUT2D eigenvalue weighted by molar-refractivity contribution is -0.0852. The molecule has 0 radical (unpaired) electrons. The number of nitrogens with zero attached hydrogens (tertiary/aromatic N) is 10. The van der Waals surface area contributed by atoms with Crippen molar-refractivity contribution in [1.82, 2.24) is 44.9 Å². The first-order chi connectivity index (χ1) is 29.9. The summed E-state index contributed by atoms with van der Waals surface area (Å²) in [5, 5.41) is 29.3. The highest BCUT2D eigenvalue weighted by Gasteiger charge is 2.32. The van der Waals surface area contributed by atoms with E-state index in [2.05, 4.69) is 55.6 Å². The van der Waals surface area contributed by atoms with E-state index in [9.17, 15) is 5.26 Å². The van der Waals surface area contributed by atoms with Gasteiger partial charge in [0.2, 0.25) is 5.95 Å². The predicted octanol–water partition coefficient (Wildman–Crippen LogP) is 4.48. The van der Waals surface area contributed by atoms with Crippen LogP contribution < -0.4 is 14.8 Å². The number of ether oxygens (including phenoxy) is 8. The fourth-order valence-corrected chi connectivity index (χ4v) is 7.53. The highest BCUT2D eigenvalue weighted by molar-refractivity contribution is 5.67. The van der Waals surface area contributed by atoms with Crippen molar-refractivity contribution in [3.8, 4) is 28.8 Å². The third-order valence-corrected chi connectivity index (χ3v) is 10.4. The lowest BCUT2D eigenvalue weighted by atomic mass is 9.89. The average molecular weight is 848 g/mol. The second-order valence-corrected chi connectivity index (χ2v) is 15.3. The molecule has 4 aromatic rings. The summed E-state index contributed by atoms with van der Waals surface area (Å²) in [7, 11) is 1.65. The van der Waals surface area contributed by atoms with Gasteiger partial charge in [0.1, 0.15) is 29.9 Å². The molecule has 0 bridgehead atoms. The van der Waals surface area contributed by atoms with Crippen LogP contribution in [0.3, 0.4) is 0 Å². The Bertz CT molecular complexity index is 1880. The zero-order valence-corrected chi connectivity index (χ0v) is 35.9. The van der Waals surface area contributed by atoms with Crippen LogP contribution in [-0.4, -0.2) is 155 Å². The van der Waals surface area contributed by atoms with Gasteiger partial charge in [-0.05, 0) is 74.6 Å². The molecule has 3 aromatic heterocycles. The van der Waals surface area contributed by atoms with Crippen LogP contribution in [-0.2, 0) is 35.0 Å². The number of aromatic nitrogens is 8. The van der Waals surface area contributed by atoms with E-state index in [0.717, 1.165) is 49.9 Å². The van der Waals surface area contributed by atoms with Gasteiger partial charge < -0.3 is 43.2 Å². The van der Waals surface area contributed by atoms with E-state index in [0.29, 0.717) is 114 Å². The van der Waals surface area contributed by atoms with E-state index in [4.69, 9.17) is 43.0 Å². The molecule has 0 amide bonds. The van der Waals surface area contributed by atoms with Crippen LogP contribution in [0.2, 0.25) is 0 Å². The van der Waals surface area contributed by atoms with Crippen LogP contribution >= 0.6 is 0 Å². The van der Waals surface area contributed by atoms with Gasteiger partial charge in [-0.15, -0.1) is 10.2 Å². The summed E-state index contributed by atoms with van der Waals surface area (Å²) in [5.41, 5.74) is 2.68. The van der Waals surface area contributed by atoms with Crippen molar-refractivity contribution in [2.24, 2.45) is 0 Å². The zero-order chi connectivity index (χ0) is 42.7. The van der Waals surface area contributed by atoms with Crippen molar-refractivity contribution in [2.75, 3.05) is 91.6 Å². The summed E-state index contributed by atoms with van der Waals surface area (Å²) in [5.74, 6) is 1.34. The van der Waals surface area contributed by atoms with Gasteiger partial charge in [0.25, 0.3) is 5.88 Å². The van der Waals surface area contributed by atoms with E-state index in [1.807, 2.05) is 29.9 Å². The molecule has 19 nitrogen and oxygen atoms in total. The van der Waals surface area contributed by atoms with Gasteiger partial charge in [-0.1, -0.05) is 6.07 Å². The topological polar surface area (TPSA) is 200 Å².